The first-order valence-electron chi connectivity index (χ1n) is 10.5. The fourth-order valence-electron chi connectivity index (χ4n) is 1.54. The smallest absolute Gasteiger partial charge is 0.240 e. The molecule has 11 heteroatoms. The number of hydrogen-bond donors (Lipinski definition) is 2. The Morgan fingerprint density at radius 3 is 1.39 bits per heavy atom. The molecule has 2 fully saturated rings. The highest BCUT2D eigenvalue weighted by molar-refractivity contribution is 7.91. The van der Waals surface area contributed by atoms with Gasteiger partial charge in [-0.15, -0.1) is 0 Å². The summed E-state index contributed by atoms with van der Waals surface area (Å²) in [5, 5.41) is -0.319. The molecule has 2 amide bonds. The van der Waals surface area contributed by atoms with E-state index in [1.54, 1.807) is 41.5 Å². The minimum absolute atomic E-state index is 0.213. The number of sulfonamides is 2. The second-order valence-electron chi connectivity index (χ2n) is 9.21. The summed E-state index contributed by atoms with van der Waals surface area (Å²) in [4.78, 5) is 32.3. The van der Waals surface area contributed by atoms with Crippen molar-refractivity contribution >= 4 is 37.6 Å². The SMILES string of the molecule is CC(=O)C(C)C.CC(C)C(=O)NS(=O)(=O)C1(C)CC1.CC(C)C(=O)NS(=O)(=O)C1CC1. The first-order chi connectivity index (χ1) is 13.9. The van der Waals surface area contributed by atoms with E-state index in [1.165, 1.54) is 0 Å². The molecule has 2 aliphatic carbocycles. The number of nitrogens with one attached hydrogen (secondary N) is 2. The van der Waals surface area contributed by atoms with E-state index < -0.39 is 36.6 Å². The van der Waals surface area contributed by atoms with Gasteiger partial charge in [0.15, 0.2) is 0 Å². The lowest BCUT2D eigenvalue weighted by Gasteiger charge is -2.13. The van der Waals surface area contributed by atoms with Crippen LogP contribution in [0.2, 0.25) is 0 Å². The molecule has 9 nitrogen and oxygen atoms in total. The summed E-state index contributed by atoms with van der Waals surface area (Å²) in [6, 6.07) is 0. The van der Waals surface area contributed by atoms with Crippen molar-refractivity contribution in [1.29, 1.82) is 0 Å². The molecule has 31 heavy (non-hydrogen) atoms. The van der Waals surface area contributed by atoms with Crippen LogP contribution >= 0.6 is 0 Å². The molecule has 182 valence electrons. The van der Waals surface area contributed by atoms with E-state index in [4.69, 9.17) is 0 Å². The van der Waals surface area contributed by atoms with E-state index in [9.17, 15) is 31.2 Å². The summed E-state index contributed by atoms with van der Waals surface area (Å²) in [6.45, 7) is 13.7. The van der Waals surface area contributed by atoms with Crippen molar-refractivity contribution in [2.24, 2.45) is 17.8 Å². The molecule has 2 rings (SSSR count). The molecule has 2 saturated carbocycles. The van der Waals surface area contributed by atoms with Crippen LogP contribution in [-0.2, 0) is 34.4 Å². The molecule has 0 radical (unpaired) electrons. The van der Waals surface area contributed by atoms with Crippen LogP contribution in [0.1, 0.15) is 81.1 Å². The minimum Gasteiger partial charge on any atom is -0.300 e. The van der Waals surface area contributed by atoms with Crippen molar-refractivity contribution in [1.82, 2.24) is 9.44 Å². The predicted molar refractivity (Wildman–Crippen MR) is 120 cm³/mol. The highest BCUT2D eigenvalue weighted by atomic mass is 32.2. The summed E-state index contributed by atoms with van der Waals surface area (Å²) >= 11 is 0. The van der Waals surface area contributed by atoms with Crippen LogP contribution in [0.4, 0.5) is 0 Å². The molecular formula is C20H38N2O7S2. The van der Waals surface area contributed by atoms with Gasteiger partial charge in [0.1, 0.15) is 5.78 Å². The first-order valence-corrected chi connectivity index (χ1v) is 13.5. The molecule has 0 bridgehead atoms. The largest absolute Gasteiger partial charge is 0.300 e. The number of ketones is 1. The molecule has 0 heterocycles. The monoisotopic (exact) mass is 482 g/mol. The van der Waals surface area contributed by atoms with Gasteiger partial charge in [-0.1, -0.05) is 41.5 Å². The molecule has 0 unspecified atom stereocenters. The van der Waals surface area contributed by atoms with Gasteiger partial charge in [0.2, 0.25) is 31.9 Å². The lowest BCUT2D eigenvalue weighted by Crippen LogP contribution is -2.40. The number of amides is 2. The third-order valence-electron chi connectivity index (χ3n) is 4.91. The van der Waals surface area contributed by atoms with Crippen LogP contribution in [0.25, 0.3) is 0 Å². The zero-order valence-electron chi connectivity index (χ0n) is 19.8. The van der Waals surface area contributed by atoms with Crippen LogP contribution in [0.3, 0.4) is 0 Å². The average molecular weight is 483 g/mol. The third kappa shape index (κ3) is 10.6. The van der Waals surface area contributed by atoms with Gasteiger partial charge >= 0.3 is 0 Å². The third-order valence-corrected chi connectivity index (χ3v) is 8.92. The second kappa shape index (κ2) is 11.4. The van der Waals surface area contributed by atoms with Crippen molar-refractivity contribution in [2.45, 2.75) is 91.1 Å². The van der Waals surface area contributed by atoms with Crippen LogP contribution in [-0.4, -0.2) is 44.4 Å². The lowest BCUT2D eigenvalue weighted by molar-refractivity contribution is -0.123. The fraction of sp³-hybridized carbons (Fsp3) is 0.850. The Labute approximate surface area is 187 Å². The molecule has 0 atom stereocenters. The van der Waals surface area contributed by atoms with Crippen LogP contribution in [0.15, 0.2) is 0 Å². The normalized spacial score (nSPS) is 17.1. The van der Waals surface area contributed by atoms with E-state index in [0.29, 0.717) is 25.7 Å². The van der Waals surface area contributed by atoms with Crippen molar-refractivity contribution in [2.75, 3.05) is 0 Å². The number of hydrogen-bond acceptors (Lipinski definition) is 7. The minimum atomic E-state index is -3.43. The Morgan fingerprint density at radius 2 is 1.13 bits per heavy atom. The van der Waals surface area contributed by atoms with Gasteiger partial charge in [0.25, 0.3) is 0 Å². The Bertz CT molecular complexity index is 852. The highest BCUT2D eigenvalue weighted by Gasteiger charge is 2.50. The molecule has 2 N–H and O–H groups in total. The molecule has 0 aromatic rings. The molecule has 2 aliphatic rings. The van der Waals surface area contributed by atoms with Gasteiger partial charge in [0.05, 0.1) is 10.00 Å². The maximum Gasteiger partial charge on any atom is 0.240 e. The van der Waals surface area contributed by atoms with Gasteiger partial charge in [0, 0.05) is 17.8 Å². The number of Topliss-reactive ketones (excluding diaryl/α,β-unsaturated/α-hetero) is 1. The van der Waals surface area contributed by atoms with E-state index in [2.05, 4.69) is 9.44 Å². The highest BCUT2D eigenvalue weighted by Crippen LogP contribution is 2.42. The fourth-order valence-corrected chi connectivity index (χ4v) is 4.36. The number of carbonyl (C=O) groups is 3. The Morgan fingerprint density at radius 1 is 0.774 bits per heavy atom. The van der Waals surface area contributed by atoms with Gasteiger partial charge in [-0.2, -0.15) is 0 Å². The Hall–Kier alpha value is -1.49. The quantitative estimate of drug-likeness (QED) is 0.565. The van der Waals surface area contributed by atoms with Gasteiger partial charge < -0.3 is 0 Å². The number of rotatable bonds is 7. The van der Waals surface area contributed by atoms with Crippen molar-refractivity contribution < 1.29 is 31.2 Å². The second-order valence-corrected chi connectivity index (χ2v) is 13.4. The Balaban J connectivity index is 0.000000466. The standard InChI is InChI=1S/C8H15NO3S.C7H13NO3S.C5H10O/c1-6(2)7(10)9-13(11,12)8(3)4-5-8;1-5(2)7(9)8-12(10,11)6-3-4-6;1-4(2)5(3)6/h6H,4-5H2,1-3H3,(H,9,10);5-6H,3-4H2,1-2H3,(H,8,9);4H,1-3H3. The summed E-state index contributed by atoms with van der Waals surface area (Å²) in [5.74, 6) is -0.939. The summed E-state index contributed by atoms with van der Waals surface area (Å²) in [6.07, 6.45) is 2.66. The number of carbonyl (C=O) groups excluding carboxylic acids is 3. The Kier molecular flexibility index (Phi) is 10.8. The van der Waals surface area contributed by atoms with Crippen LogP contribution < -0.4 is 9.44 Å². The van der Waals surface area contributed by atoms with Crippen molar-refractivity contribution in [3.8, 4) is 0 Å². The maximum absolute atomic E-state index is 11.5. The molecule has 0 spiro atoms. The van der Waals surface area contributed by atoms with Crippen molar-refractivity contribution in [3.05, 3.63) is 0 Å². The van der Waals surface area contributed by atoms with E-state index in [0.717, 1.165) is 0 Å². The molecular weight excluding hydrogens is 444 g/mol. The van der Waals surface area contributed by atoms with Gasteiger partial charge in [-0.25, -0.2) is 16.8 Å². The predicted octanol–water partition coefficient (Wildman–Crippen LogP) is 2.12. The van der Waals surface area contributed by atoms with Gasteiger partial charge in [-0.05, 0) is 39.5 Å². The van der Waals surface area contributed by atoms with Gasteiger partial charge in [-0.3, -0.25) is 23.8 Å². The topological polar surface area (TPSA) is 144 Å². The van der Waals surface area contributed by atoms with Crippen LogP contribution in [0.5, 0.6) is 0 Å². The van der Waals surface area contributed by atoms with Crippen molar-refractivity contribution in [3.63, 3.8) is 0 Å². The van der Waals surface area contributed by atoms with E-state index >= 15 is 0 Å². The maximum atomic E-state index is 11.5. The molecule has 0 aromatic heterocycles. The molecule has 0 aromatic carbocycles. The molecule has 0 saturated heterocycles. The lowest BCUT2D eigenvalue weighted by atomic mass is 10.1. The zero-order valence-corrected chi connectivity index (χ0v) is 21.4. The average Bonchev–Trinajstić information content (AvgIpc) is 3.49. The van der Waals surface area contributed by atoms with E-state index in [-0.39, 0.29) is 28.8 Å². The molecule has 0 aliphatic heterocycles. The zero-order chi connectivity index (χ0) is 24.8. The summed E-state index contributed by atoms with van der Waals surface area (Å²) in [7, 11) is -6.76. The van der Waals surface area contributed by atoms with E-state index in [1.807, 2.05) is 13.8 Å². The first kappa shape index (κ1) is 29.5. The van der Waals surface area contributed by atoms with Crippen LogP contribution in [0, 0.1) is 17.8 Å². The summed E-state index contributed by atoms with van der Waals surface area (Å²) < 4.78 is 48.8. The summed E-state index contributed by atoms with van der Waals surface area (Å²) in [5.41, 5.74) is 0.